The van der Waals surface area contributed by atoms with Crippen LogP contribution in [0.4, 0.5) is 0 Å². The smallest absolute Gasteiger partial charge is 0.318 e. The first-order valence-corrected chi connectivity index (χ1v) is 40.2. The Balaban J connectivity index is -0.000000231. The number of hydrogen-bond acceptors (Lipinski definition) is 32. The van der Waals surface area contributed by atoms with E-state index in [1.54, 1.807) is 11.8 Å². The minimum atomic E-state index is -1.29. The van der Waals surface area contributed by atoms with Crippen LogP contribution >= 0.6 is 264 Å². The average molecular weight is 1710 g/mol. The molecule has 0 saturated carbocycles. The van der Waals surface area contributed by atoms with Gasteiger partial charge in [-0.2, -0.15) is 227 Å². The molecule has 0 bridgehead atoms. The second-order valence-electron chi connectivity index (χ2n) is 17.9. The number of aliphatic hydroxyl groups excluding tert-OH is 6. The van der Waals surface area contributed by atoms with Crippen LogP contribution in [-0.2, 0) is 46.9 Å². The fourth-order valence-corrected chi connectivity index (χ4v) is 9.72. The summed E-state index contributed by atoms with van der Waals surface area (Å²) in [6, 6.07) is 32.8. The van der Waals surface area contributed by atoms with Crippen LogP contribution in [0.1, 0.15) is 47.9 Å². The van der Waals surface area contributed by atoms with Crippen molar-refractivity contribution in [1.29, 1.82) is 0 Å². The van der Waals surface area contributed by atoms with Crippen molar-refractivity contribution >= 4 is 288 Å². The predicted molar refractivity (Wildman–Crippen MR) is 461 cm³/mol. The number of rotatable bonds is 30. The number of thiol groups is 20. The summed E-state index contributed by atoms with van der Waals surface area (Å²) < 4.78 is 4.98. The summed E-state index contributed by atoms with van der Waals surface area (Å²) in [5, 5.41) is 81.6. The SMILES string of the molecule is O=C(O)[C@@H](S)[C@@H](S)C(=O)O.O=C(O)[C@H](S)CC[C@H](S)C(=O)O.O[C@@H](CS)[C@@H](O)CS.O[C@H](CS)[C@@H](O)CS.O[C@H](CS)[C@H](O)CS.SCCCCS.SCCOCCS.SCc1cccc(CS)c1.SCc1ccccc1CS.Sc1ccc(Sc2ccc(S)cc2)cc1. The summed E-state index contributed by atoms with van der Waals surface area (Å²) >= 11 is 80.0. The van der Waals surface area contributed by atoms with Gasteiger partial charge in [0.25, 0.3) is 0 Å². The highest BCUT2D eigenvalue weighted by atomic mass is 32.2. The van der Waals surface area contributed by atoms with Crippen molar-refractivity contribution in [3.8, 4) is 0 Å². The molecule has 0 aliphatic carbocycles. The van der Waals surface area contributed by atoms with Crippen molar-refractivity contribution < 1.29 is 75.0 Å². The Bertz CT molecular complexity index is 2210. The number of carbonyl (C=O) groups is 4. The maximum Gasteiger partial charge on any atom is 0.318 e. The third kappa shape index (κ3) is 65.8. The van der Waals surface area contributed by atoms with E-state index < -0.39 is 81.5 Å². The lowest BCUT2D eigenvalue weighted by Crippen LogP contribution is -2.31. The van der Waals surface area contributed by atoms with Gasteiger partial charge < -0.3 is 55.8 Å². The van der Waals surface area contributed by atoms with Gasteiger partial charge in [0.1, 0.15) is 10.5 Å². The van der Waals surface area contributed by atoms with Crippen LogP contribution in [0.15, 0.2) is 117 Å². The highest BCUT2D eigenvalue weighted by Crippen LogP contribution is 2.29. The summed E-state index contributed by atoms with van der Waals surface area (Å²) in [7, 11) is 0. The molecule has 94 heavy (non-hydrogen) atoms. The van der Waals surface area contributed by atoms with E-state index in [4.69, 9.17) is 55.8 Å². The normalized spacial score (nSPS) is 13.2. The molecule has 4 rings (SSSR count). The van der Waals surface area contributed by atoms with Crippen LogP contribution in [0, 0.1) is 0 Å². The molecule has 10 atom stereocenters. The molecular formula is C58H96O15S21. The number of carboxylic acid groups (broad SMARTS) is 4. The summed E-state index contributed by atoms with van der Waals surface area (Å²) in [5.41, 5.74) is 5.08. The summed E-state index contributed by atoms with van der Waals surface area (Å²) in [4.78, 5) is 45.0. The molecule has 0 aliphatic rings. The molecule has 4 aromatic carbocycles. The quantitative estimate of drug-likeness (QED) is 0.0171. The van der Waals surface area contributed by atoms with Crippen molar-refractivity contribution in [3.63, 3.8) is 0 Å². The first kappa shape index (κ1) is 107. The number of ether oxygens (including phenoxy) is 1. The minimum Gasteiger partial charge on any atom is -0.480 e. The Labute approximate surface area is 671 Å². The number of aliphatic hydroxyl groups is 6. The maximum atomic E-state index is 10.2. The molecule has 0 radical (unpaired) electrons. The maximum absolute atomic E-state index is 10.2. The highest BCUT2D eigenvalue weighted by molar-refractivity contribution is 7.99. The Morgan fingerprint density at radius 1 is 0.372 bits per heavy atom. The van der Waals surface area contributed by atoms with Crippen LogP contribution in [0.3, 0.4) is 0 Å². The van der Waals surface area contributed by atoms with E-state index in [-0.39, 0.29) is 47.4 Å². The molecule has 0 heterocycles. The van der Waals surface area contributed by atoms with Crippen molar-refractivity contribution in [3.05, 3.63) is 119 Å². The van der Waals surface area contributed by atoms with E-state index in [0.29, 0.717) is 0 Å². The van der Waals surface area contributed by atoms with Crippen LogP contribution in [0.25, 0.3) is 0 Å². The number of benzene rings is 4. The van der Waals surface area contributed by atoms with Crippen molar-refractivity contribution in [2.75, 3.05) is 70.7 Å². The summed E-state index contributed by atoms with van der Waals surface area (Å²) in [5.74, 6) is 3.85. The van der Waals surface area contributed by atoms with Crippen LogP contribution in [0.5, 0.6) is 0 Å². The number of hydrogen-bond donors (Lipinski definition) is 30. The third-order valence-electron chi connectivity index (χ3n) is 10.3. The molecule has 544 valence electrons. The molecule has 10 N–H and O–H groups in total. The molecule has 0 unspecified atom stereocenters. The van der Waals surface area contributed by atoms with Crippen LogP contribution < -0.4 is 0 Å². The molecule has 0 amide bonds. The zero-order valence-electron chi connectivity index (χ0n) is 51.0. The monoisotopic (exact) mass is 1700 g/mol. The largest absolute Gasteiger partial charge is 0.480 e. The molecule has 0 aliphatic heterocycles. The first-order chi connectivity index (χ1) is 44.4. The van der Waals surface area contributed by atoms with Gasteiger partial charge >= 0.3 is 23.9 Å². The van der Waals surface area contributed by atoms with E-state index in [0.717, 1.165) is 69.0 Å². The topological polar surface area (TPSA) is 280 Å². The van der Waals surface area contributed by atoms with E-state index in [9.17, 15) is 19.2 Å². The summed E-state index contributed by atoms with van der Waals surface area (Å²) in [6.45, 7) is 1.48. The lowest BCUT2D eigenvalue weighted by molar-refractivity contribution is -0.142. The average Bonchev–Trinajstić information content (AvgIpc) is 1.13. The van der Waals surface area contributed by atoms with Crippen molar-refractivity contribution in [1.82, 2.24) is 0 Å². The minimum absolute atomic E-state index is 0.207. The van der Waals surface area contributed by atoms with Crippen LogP contribution in [-0.4, -0.2) is 203 Å². The standard InChI is InChI=1S/C12H10S3.2C8H10S2.C6H10O4S2.C4H6O4S2.3C4H10O2S2.C4H10OS2.C4H10S2/c13-9-1-5-11(6-2-9)15-12-7-3-10(14)4-8-12;9-5-7-2-1-3-8(4-7)6-10;9-5-7-3-1-2-4-8(7)6-10;7-5(8)3(11)1-2-4(12)6(9)10;5-3(6)1(9)2(10)4(7)8;3*5-3(1-7)4(6)2-8;6-3-1-5-2-4-7;5-3-1-2-4-6/h1-8,13-14H;2*1-4,9-10H,5-6H2;3-4,11-12H,1-2H2,(H,7,8)(H,9,10);1-2,9-10H,(H,5,6)(H,7,8);3*3-8H,1-2H2;6-7H,1-4H2;5-6H,1-4H2/t;;;3-,4+;1-,2+;3-,4+;2*3-,4-;;/m......10../s1. The van der Waals surface area contributed by atoms with Gasteiger partial charge in [-0.3, -0.25) is 19.2 Å². The van der Waals surface area contributed by atoms with Gasteiger partial charge in [-0.25, -0.2) is 0 Å². The van der Waals surface area contributed by atoms with Gasteiger partial charge in [0, 0.05) is 88.6 Å². The molecule has 0 aromatic heterocycles. The molecular weight excluding hydrogens is 1610 g/mol. The Morgan fingerprint density at radius 2 is 0.649 bits per heavy atom. The first-order valence-electron chi connectivity index (χ1n) is 27.6. The fraction of sp³-hybridized carbons (Fsp3) is 0.517. The van der Waals surface area contributed by atoms with Crippen molar-refractivity contribution in [2.45, 2.75) is 126 Å². The van der Waals surface area contributed by atoms with Gasteiger partial charge in [0.2, 0.25) is 0 Å². The Morgan fingerprint density at radius 3 is 0.851 bits per heavy atom. The summed E-state index contributed by atoms with van der Waals surface area (Å²) in [6.07, 6.45) is -1.62. The van der Waals surface area contributed by atoms with Gasteiger partial charge in [-0.15, -0.1) is 25.3 Å². The highest BCUT2D eigenvalue weighted by Gasteiger charge is 2.27. The van der Waals surface area contributed by atoms with E-state index in [1.165, 1.54) is 44.9 Å². The van der Waals surface area contributed by atoms with E-state index in [2.05, 4.69) is 307 Å². The molecule has 15 nitrogen and oxygen atoms in total. The molecule has 0 spiro atoms. The number of carboxylic acids is 4. The second kappa shape index (κ2) is 74.5. The third-order valence-corrected chi connectivity index (χ3v) is 18.8. The van der Waals surface area contributed by atoms with E-state index in [1.807, 2.05) is 42.5 Å². The fourth-order valence-electron chi connectivity index (χ4n) is 4.87. The predicted octanol–water partition coefficient (Wildman–Crippen LogP) is 11.0. The number of aliphatic carboxylic acids is 4. The van der Waals surface area contributed by atoms with Gasteiger partial charge in [-0.1, -0.05) is 60.3 Å². The Hall–Kier alpha value is 1.83. The molecule has 0 saturated heterocycles. The van der Waals surface area contributed by atoms with E-state index >= 15 is 0 Å². The zero-order valence-corrected chi connectivity index (χ0v) is 69.7. The number of unbranched alkanes of at least 4 members (excludes halogenated alkanes) is 1. The van der Waals surface area contributed by atoms with Gasteiger partial charge in [-0.05, 0) is 108 Å². The van der Waals surface area contributed by atoms with Gasteiger partial charge in [0.15, 0.2) is 0 Å². The Kier molecular flexibility index (Phi) is 84.7. The zero-order chi connectivity index (χ0) is 73.6. The lowest BCUT2D eigenvalue weighted by atomic mass is 10.1. The second-order valence-corrected chi connectivity index (χ2v) is 27.7. The molecule has 0 fully saturated rings. The van der Waals surface area contributed by atoms with Gasteiger partial charge in [0.05, 0.1) is 60.3 Å². The lowest BCUT2D eigenvalue weighted by Gasteiger charge is -2.11. The molecule has 4 aromatic rings. The van der Waals surface area contributed by atoms with Crippen LogP contribution in [0.2, 0.25) is 0 Å². The molecule has 36 heteroatoms. The van der Waals surface area contributed by atoms with Crippen molar-refractivity contribution in [2.24, 2.45) is 0 Å².